The summed E-state index contributed by atoms with van der Waals surface area (Å²) in [6.07, 6.45) is -1.74. The van der Waals surface area contributed by atoms with Crippen LogP contribution in [-0.2, 0) is 6.54 Å². The Morgan fingerprint density at radius 3 is 2.71 bits per heavy atom. The summed E-state index contributed by atoms with van der Waals surface area (Å²) in [6, 6.07) is 5.06. The van der Waals surface area contributed by atoms with E-state index in [-0.39, 0.29) is 31.0 Å². The van der Waals surface area contributed by atoms with E-state index in [0.29, 0.717) is 5.82 Å². The van der Waals surface area contributed by atoms with Crippen molar-refractivity contribution in [3.63, 3.8) is 0 Å². The van der Waals surface area contributed by atoms with Crippen LogP contribution in [0.5, 0.6) is 11.5 Å². The predicted molar refractivity (Wildman–Crippen MR) is 75.4 cm³/mol. The Labute approximate surface area is 134 Å². The van der Waals surface area contributed by atoms with Crippen molar-refractivity contribution in [1.29, 1.82) is 0 Å². The van der Waals surface area contributed by atoms with Gasteiger partial charge in [-0.2, -0.15) is 0 Å². The van der Waals surface area contributed by atoms with E-state index >= 15 is 0 Å². The van der Waals surface area contributed by atoms with Gasteiger partial charge in [-0.05, 0) is 24.3 Å². The molecule has 24 heavy (non-hydrogen) atoms. The average Bonchev–Trinajstić information content (AvgIpc) is 2.67. The zero-order valence-electron chi connectivity index (χ0n) is 12.3. The lowest BCUT2D eigenvalue weighted by atomic mass is 10.1. The lowest BCUT2D eigenvalue weighted by Gasteiger charge is -2.19. The summed E-state index contributed by atoms with van der Waals surface area (Å²) in [4.78, 5) is 22.1. The molecule has 1 aromatic carbocycles. The first kappa shape index (κ1) is 16.0. The van der Waals surface area contributed by atoms with Crippen molar-refractivity contribution >= 4 is 5.91 Å². The molecule has 0 saturated heterocycles. The predicted octanol–water partition coefficient (Wildman–Crippen LogP) is 2.41. The van der Waals surface area contributed by atoms with Crippen molar-refractivity contribution in [1.82, 2.24) is 14.9 Å². The summed E-state index contributed by atoms with van der Waals surface area (Å²) in [5, 5.41) is 0. The van der Waals surface area contributed by atoms with E-state index in [1.165, 1.54) is 11.0 Å². The summed E-state index contributed by atoms with van der Waals surface area (Å²) < 4.78 is 46.3. The van der Waals surface area contributed by atoms with Crippen molar-refractivity contribution in [3.05, 3.63) is 48.0 Å². The highest BCUT2D eigenvalue weighted by Gasteiger charge is 2.32. The number of benzene rings is 1. The number of ether oxygens (including phenoxy) is 2. The maximum absolute atomic E-state index is 12.6. The quantitative estimate of drug-likeness (QED) is 0.859. The van der Waals surface area contributed by atoms with Crippen LogP contribution in [0.15, 0.2) is 36.7 Å². The number of amides is 1. The highest BCUT2D eigenvalue weighted by Crippen LogP contribution is 2.30. The summed E-state index contributed by atoms with van der Waals surface area (Å²) in [6.45, 7) is 0.610. The number of halogens is 3. The number of alkyl halides is 3. The molecule has 0 spiro atoms. The normalized spacial score (nSPS) is 14.6. The van der Waals surface area contributed by atoms with Gasteiger partial charge < -0.3 is 14.4 Å². The van der Waals surface area contributed by atoms with Gasteiger partial charge in [0, 0.05) is 12.4 Å². The second-order valence-electron chi connectivity index (χ2n) is 4.95. The van der Waals surface area contributed by atoms with Crippen LogP contribution in [0.25, 0.3) is 0 Å². The minimum atomic E-state index is -4.83. The standard InChI is InChI=1S/C15H12F3N3O3/c16-15(17,18)24-10-2-3-12-11(8-10)14(22)21(6-7-23-12)9-13-19-4-1-5-20-13/h1-5,8H,6-7,9H2. The number of fused-ring (bicyclic) bond motifs is 1. The highest BCUT2D eigenvalue weighted by atomic mass is 19.4. The molecule has 0 bridgehead atoms. The molecule has 0 saturated carbocycles. The van der Waals surface area contributed by atoms with E-state index in [2.05, 4.69) is 14.7 Å². The highest BCUT2D eigenvalue weighted by molar-refractivity contribution is 5.97. The van der Waals surface area contributed by atoms with Crippen molar-refractivity contribution < 1.29 is 27.4 Å². The van der Waals surface area contributed by atoms with E-state index in [4.69, 9.17) is 4.74 Å². The van der Waals surface area contributed by atoms with Crippen LogP contribution >= 0.6 is 0 Å². The zero-order chi connectivity index (χ0) is 17.2. The Kier molecular flexibility index (Phi) is 4.24. The summed E-state index contributed by atoms with van der Waals surface area (Å²) in [7, 11) is 0. The third-order valence-corrected chi connectivity index (χ3v) is 3.27. The van der Waals surface area contributed by atoms with E-state index in [1.54, 1.807) is 18.5 Å². The van der Waals surface area contributed by atoms with Crippen LogP contribution in [-0.4, -0.2) is 40.3 Å². The third kappa shape index (κ3) is 3.73. The Bertz CT molecular complexity index is 738. The van der Waals surface area contributed by atoms with Crippen LogP contribution in [0, 0.1) is 0 Å². The van der Waals surface area contributed by atoms with Gasteiger partial charge in [-0.3, -0.25) is 4.79 Å². The van der Waals surface area contributed by atoms with E-state index < -0.39 is 18.0 Å². The summed E-state index contributed by atoms with van der Waals surface area (Å²) >= 11 is 0. The minimum absolute atomic E-state index is 0.00480. The molecule has 126 valence electrons. The van der Waals surface area contributed by atoms with Crippen molar-refractivity contribution in [2.45, 2.75) is 12.9 Å². The van der Waals surface area contributed by atoms with E-state index in [1.807, 2.05) is 0 Å². The monoisotopic (exact) mass is 339 g/mol. The molecule has 1 aliphatic heterocycles. The van der Waals surface area contributed by atoms with Crippen LogP contribution in [0.3, 0.4) is 0 Å². The van der Waals surface area contributed by atoms with E-state index in [9.17, 15) is 18.0 Å². The molecule has 9 heteroatoms. The van der Waals surface area contributed by atoms with Gasteiger partial charge in [0.25, 0.3) is 5.91 Å². The number of hydrogen-bond acceptors (Lipinski definition) is 5. The molecule has 1 amide bonds. The number of aromatic nitrogens is 2. The van der Waals surface area contributed by atoms with E-state index in [0.717, 1.165) is 12.1 Å². The fourth-order valence-corrected chi connectivity index (χ4v) is 2.27. The summed E-state index contributed by atoms with van der Waals surface area (Å²) in [5.41, 5.74) is 0.00480. The minimum Gasteiger partial charge on any atom is -0.491 e. The first-order valence-electron chi connectivity index (χ1n) is 7.00. The van der Waals surface area contributed by atoms with Gasteiger partial charge >= 0.3 is 6.36 Å². The van der Waals surface area contributed by atoms with Crippen LogP contribution in [0.1, 0.15) is 16.2 Å². The van der Waals surface area contributed by atoms with Gasteiger partial charge in [-0.1, -0.05) is 0 Å². The Balaban J connectivity index is 1.86. The molecule has 0 unspecified atom stereocenters. The van der Waals surface area contributed by atoms with Gasteiger partial charge in [0.2, 0.25) is 0 Å². The maximum Gasteiger partial charge on any atom is 0.573 e. The molecule has 1 aromatic heterocycles. The van der Waals surface area contributed by atoms with Crippen LogP contribution in [0.2, 0.25) is 0 Å². The molecular weight excluding hydrogens is 327 g/mol. The number of hydrogen-bond donors (Lipinski definition) is 0. The molecule has 1 aliphatic rings. The van der Waals surface area contributed by atoms with Gasteiger partial charge in [-0.15, -0.1) is 13.2 Å². The van der Waals surface area contributed by atoms with Gasteiger partial charge in [0.15, 0.2) is 0 Å². The van der Waals surface area contributed by atoms with Crippen molar-refractivity contribution in [2.75, 3.05) is 13.2 Å². The number of carbonyl (C=O) groups excluding carboxylic acids is 1. The Morgan fingerprint density at radius 1 is 1.25 bits per heavy atom. The van der Waals surface area contributed by atoms with Crippen LogP contribution < -0.4 is 9.47 Å². The first-order chi connectivity index (χ1) is 11.4. The SMILES string of the molecule is O=C1c2cc(OC(F)(F)F)ccc2OCCN1Cc1ncccn1. The molecular formula is C15H12F3N3O3. The first-order valence-corrected chi connectivity index (χ1v) is 7.00. The molecule has 6 nitrogen and oxygen atoms in total. The van der Waals surface area contributed by atoms with Crippen LogP contribution in [0.4, 0.5) is 13.2 Å². The lowest BCUT2D eigenvalue weighted by molar-refractivity contribution is -0.274. The smallest absolute Gasteiger partial charge is 0.491 e. The number of carbonyl (C=O) groups is 1. The molecule has 3 rings (SSSR count). The maximum atomic E-state index is 12.6. The van der Waals surface area contributed by atoms with Gasteiger partial charge in [0.05, 0.1) is 18.7 Å². The second kappa shape index (κ2) is 6.34. The van der Waals surface area contributed by atoms with Crippen molar-refractivity contribution in [3.8, 4) is 11.5 Å². The molecule has 0 aliphatic carbocycles. The third-order valence-electron chi connectivity index (χ3n) is 3.27. The van der Waals surface area contributed by atoms with Gasteiger partial charge in [-0.25, -0.2) is 9.97 Å². The largest absolute Gasteiger partial charge is 0.573 e. The van der Waals surface area contributed by atoms with Gasteiger partial charge in [0.1, 0.15) is 23.9 Å². The number of rotatable bonds is 3. The lowest BCUT2D eigenvalue weighted by Crippen LogP contribution is -2.32. The fraction of sp³-hybridized carbons (Fsp3) is 0.267. The Morgan fingerprint density at radius 2 is 2.00 bits per heavy atom. The van der Waals surface area contributed by atoms with Crippen molar-refractivity contribution in [2.24, 2.45) is 0 Å². The molecule has 0 fully saturated rings. The molecule has 2 heterocycles. The average molecular weight is 339 g/mol. The molecule has 2 aromatic rings. The molecule has 0 N–H and O–H groups in total. The summed E-state index contributed by atoms with van der Waals surface area (Å²) in [5.74, 6) is -0.304. The molecule has 0 radical (unpaired) electrons. The fourth-order valence-electron chi connectivity index (χ4n) is 2.27. The second-order valence-corrected chi connectivity index (χ2v) is 4.95. The number of nitrogens with zero attached hydrogens (tertiary/aromatic N) is 3. The topological polar surface area (TPSA) is 64.6 Å². The molecule has 0 atom stereocenters. The zero-order valence-corrected chi connectivity index (χ0v) is 12.3. The Hall–Kier alpha value is -2.84.